The van der Waals surface area contributed by atoms with Crippen LogP contribution in [0.5, 0.6) is 0 Å². The fourth-order valence-corrected chi connectivity index (χ4v) is 1.89. The topological polar surface area (TPSA) is 96.7 Å². The molecule has 0 aliphatic rings. The van der Waals surface area contributed by atoms with E-state index >= 15 is 0 Å². The molecule has 108 valence electrons. The number of nitriles is 1. The van der Waals surface area contributed by atoms with Crippen molar-refractivity contribution >= 4 is 5.91 Å². The van der Waals surface area contributed by atoms with Gasteiger partial charge in [0, 0.05) is 18.8 Å². The maximum absolute atomic E-state index is 11.1. The lowest BCUT2D eigenvalue weighted by Gasteiger charge is -2.10. The van der Waals surface area contributed by atoms with Crippen molar-refractivity contribution in [1.29, 1.82) is 5.26 Å². The number of hydrogen-bond donors (Lipinski definition) is 2. The quantitative estimate of drug-likeness (QED) is 0.865. The summed E-state index contributed by atoms with van der Waals surface area (Å²) in [6, 6.07) is 9.61. The zero-order valence-corrected chi connectivity index (χ0v) is 12.0. The van der Waals surface area contributed by atoms with Crippen molar-refractivity contribution in [2.24, 2.45) is 5.73 Å². The van der Waals surface area contributed by atoms with E-state index in [1.165, 1.54) is 10.7 Å². The van der Waals surface area contributed by atoms with Crippen molar-refractivity contribution in [3.63, 3.8) is 0 Å². The summed E-state index contributed by atoms with van der Waals surface area (Å²) in [6.45, 7) is 4.82. The number of benzene rings is 1. The molecule has 0 atom stereocenters. The lowest BCUT2D eigenvalue weighted by atomic mass is 10.1. The predicted octanol–water partition coefficient (Wildman–Crippen LogP) is 1.34. The number of aromatic nitrogens is 2. The second kappa shape index (κ2) is 6.20. The number of rotatable bonds is 5. The molecule has 2 aromatic rings. The zero-order valence-electron chi connectivity index (χ0n) is 12.0. The molecule has 2 rings (SSSR count). The normalized spacial score (nSPS) is 10.6. The van der Waals surface area contributed by atoms with Gasteiger partial charge in [0.1, 0.15) is 11.8 Å². The van der Waals surface area contributed by atoms with Crippen LogP contribution >= 0.6 is 0 Å². The molecule has 0 bridgehead atoms. The molecule has 0 aliphatic heterocycles. The van der Waals surface area contributed by atoms with Gasteiger partial charge < -0.3 is 11.1 Å². The average molecular weight is 283 g/mol. The standard InChI is InChI=1S/C15H17N5O/c1-10(2)18-9-11-3-4-14(12(7-11)8-16)20-6-5-13(19-20)15(17)21/h3-7,10,18H,9H2,1-2H3,(H2,17,21). The molecule has 0 spiro atoms. The van der Waals surface area contributed by atoms with Crippen LogP contribution in [0.2, 0.25) is 0 Å². The number of primary amides is 1. The van der Waals surface area contributed by atoms with E-state index in [0.29, 0.717) is 23.8 Å². The first-order valence-corrected chi connectivity index (χ1v) is 6.63. The molecule has 0 aliphatic carbocycles. The van der Waals surface area contributed by atoms with E-state index in [1.54, 1.807) is 6.20 Å². The Labute approximate surface area is 123 Å². The van der Waals surface area contributed by atoms with Gasteiger partial charge in [-0.1, -0.05) is 19.9 Å². The van der Waals surface area contributed by atoms with Crippen molar-refractivity contribution in [1.82, 2.24) is 15.1 Å². The Morgan fingerprint density at radius 3 is 2.81 bits per heavy atom. The van der Waals surface area contributed by atoms with E-state index < -0.39 is 5.91 Å². The van der Waals surface area contributed by atoms with Gasteiger partial charge in [-0.15, -0.1) is 0 Å². The summed E-state index contributed by atoms with van der Waals surface area (Å²) in [6.07, 6.45) is 1.61. The van der Waals surface area contributed by atoms with Crippen LogP contribution in [0.25, 0.3) is 5.69 Å². The Kier molecular flexibility index (Phi) is 4.36. The third-order valence-electron chi connectivity index (χ3n) is 2.98. The molecular weight excluding hydrogens is 266 g/mol. The predicted molar refractivity (Wildman–Crippen MR) is 78.8 cm³/mol. The van der Waals surface area contributed by atoms with Crippen LogP contribution in [-0.4, -0.2) is 21.7 Å². The van der Waals surface area contributed by atoms with Gasteiger partial charge >= 0.3 is 0 Å². The largest absolute Gasteiger partial charge is 0.364 e. The Hall–Kier alpha value is -2.65. The maximum Gasteiger partial charge on any atom is 0.269 e. The summed E-state index contributed by atoms with van der Waals surface area (Å²) in [5, 5.41) is 16.7. The molecule has 1 amide bonds. The van der Waals surface area contributed by atoms with Crippen molar-refractivity contribution in [3.8, 4) is 11.8 Å². The first-order chi connectivity index (χ1) is 10.0. The van der Waals surface area contributed by atoms with Gasteiger partial charge in [-0.2, -0.15) is 10.4 Å². The van der Waals surface area contributed by atoms with E-state index in [9.17, 15) is 10.1 Å². The highest BCUT2D eigenvalue weighted by Crippen LogP contribution is 2.16. The van der Waals surface area contributed by atoms with Crippen LogP contribution in [0.1, 0.15) is 35.5 Å². The van der Waals surface area contributed by atoms with E-state index in [0.717, 1.165) is 5.56 Å². The van der Waals surface area contributed by atoms with Crippen molar-refractivity contribution in [2.45, 2.75) is 26.4 Å². The number of amides is 1. The number of nitrogens with zero attached hydrogens (tertiary/aromatic N) is 3. The van der Waals surface area contributed by atoms with E-state index in [4.69, 9.17) is 5.73 Å². The van der Waals surface area contributed by atoms with Crippen molar-refractivity contribution in [2.75, 3.05) is 0 Å². The van der Waals surface area contributed by atoms with Crippen LogP contribution in [0.3, 0.4) is 0 Å². The minimum absolute atomic E-state index is 0.171. The fourth-order valence-electron chi connectivity index (χ4n) is 1.89. The van der Waals surface area contributed by atoms with Crippen LogP contribution in [-0.2, 0) is 6.54 Å². The molecule has 0 fully saturated rings. The molecule has 0 radical (unpaired) electrons. The van der Waals surface area contributed by atoms with Gasteiger partial charge in [-0.3, -0.25) is 4.79 Å². The lowest BCUT2D eigenvalue weighted by molar-refractivity contribution is 0.0995. The second-order valence-corrected chi connectivity index (χ2v) is 5.01. The molecule has 0 saturated carbocycles. The minimum atomic E-state index is -0.593. The van der Waals surface area contributed by atoms with Gasteiger partial charge in [0.2, 0.25) is 0 Å². The summed E-state index contributed by atoms with van der Waals surface area (Å²) in [5.41, 5.74) is 7.49. The first-order valence-electron chi connectivity index (χ1n) is 6.63. The number of hydrogen-bond acceptors (Lipinski definition) is 4. The van der Waals surface area contributed by atoms with Gasteiger partial charge in [-0.25, -0.2) is 4.68 Å². The summed E-state index contributed by atoms with van der Waals surface area (Å²) in [4.78, 5) is 11.1. The van der Waals surface area contributed by atoms with Gasteiger partial charge in [-0.05, 0) is 23.8 Å². The van der Waals surface area contributed by atoms with Crippen LogP contribution in [0, 0.1) is 11.3 Å². The number of nitrogens with two attached hydrogens (primary N) is 1. The fraction of sp³-hybridized carbons (Fsp3) is 0.267. The van der Waals surface area contributed by atoms with Gasteiger partial charge in [0.15, 0.2) is 0 Å². The Morgan fingerprint density at radius 1 is 1.48 bits per heavy atom. The highest BCUT2D eigenvalue weighted by atomic mass is 16.1. The molecule has 1 aromatic carbocycles. The summed E-state index contributed by atoms with van der Waals surface area (Å²) < 4.78 is 1.48. The number of carbonyl (C=O) groups excluding carboxylic acids is 1. The number of carbonyl (C=O) groups is 1. The highest BCUT2D eigenvalue weighted by Gasteiger charge is 2.10. The monoisotopic (exact) mass is 283 g/mol. The molecule has 0 unspecified atom stereocenters. The minimum Gasteiger partial charge on any atom is -0.364 e. The SMILES string of the molecule is CC(C)NCc1ccc(-n2ccc(C(N)=O)n2)c(C#N)c1. The highest BCUT2D eigenvalue weighted by molar-refractivity contribution is 5.90. The average Bonchev–Trinajstić information content (AvgIpc) is 2.94. The molecule has 0 saturated heterocycles. The maximum atomic E-state index is 11.1. The summed E-state index contributed by atoms with van der Waals surface area (Å²) in [7, 11) is 0. The Balaban J connectivity index is 2.31. The lowest BCUT2D eigenvalue weighted by Crippen LogP contribution is -2.21. The van der Waals surface area contributed by atoms with Gasteiger partial charge in [0.05, 0.1) is 11.3 Å². The van der Waals surface area contributed by atoms with Crippen LogP contribution in [0.15, 0.2) is 30.5 Å². The first kappa shape index (κ1) is 14.8. The summed E-state index contributed by atoms with van der Waals surface area (Å²) >= 11 is 0. The Morgan fingerprint density at radius 2 is 2.24 bits per heavy atom. The van der Waals surface area contributed by atoms with Crippen LogP contribution < -0.4 is 11.1 Å². The molecule has 1 heterocycles. The molecule has 3 N–H and O–H groups in total. The molecule has 21 heavy (non-hydrogen) atoms. The van der Waals surface area contributed by atoms with E-state index in [2.05, 4.69) is 30.3 Å². The third kappa shape index (κ3) is 3.46. The second-order valence-electron chi connectivity index (χ2n) is 5.01. The smallest absolute Gasteiger partial charge is 0.269 e. The van der Waals surface area contributed by atoms with E-state index in [-0.39, 0.29) is 5.69 Å². The Bertz CT molecular complexity index is 696. The third-order valence-corrected chi connectivity index (χ3v) is 2.98. The molecular formula is C15H17N5O. The molecule has 6 heteroatoms. The molecule has 6 nitrogen and oxygen atoms in total. The molecule has 1 aromatic heterocycles. The van der Waals surface area contributed by atoms with Crippen molar-refractivity contribution in [3.05, 3.63) is 47.3 Å². The zero-order chi connectivity index (χ0) is 15.4. The van der Waals surface area contributed by atoms with Crippen LogP contribution in [0.4, 0.5) is 0 Å². The van der Waals surface area contributed by atoms with Gasteiger partial charge in [0.25, 0.3) is 5.91 Å². The summed E-state index contributed by atoms with van der Waals surface area (Å²) in [5.74, 6) is -0.593. The number of nitrogens with one attached hydrogen (secondary N) is 1. The van der Waals surface area contributed by atoms with Crippen molar-refractivity contribution < 1.29 is 4.79 Å². The van der Waals surface area contributed by atoms with E-state index in [1.807, 2.05) is 18.2 Å².